The minimum Gasteiger partial charge on any atom is -0.379 e. The van der Waals surface area contributed by atoms with Crippen molar-refractivity contribution in [3.05, 3.63) is 47.2 Å². The lowest BCUT2D eigenvalue weighted by atomic mass is 9.96. The topological polar surface area (TPSA) is 56.5 Å². The van der Waals surface area contributed by atoms with E-state index in [4.69, 9.17) is 4.74 Å². The minimum absolute atomic E-state index is 0.00600. The van der Waals surface area contributed by atoms with Gasteiger partial charge in [-0.15, -0.1) is 0 Å². The van der Waals surface area contributed by atoms with Gasteiger partial charge in [0.05, 0.1) is 36.4 Å². The van der Waals surface area contributed by atoms with E-state index in [2.05, 4.69) is 10.1 Å². The monoisotopic (exact) mass is 377 g/mol. The lowest BCUT2D eigenvalue weighted by Crippen LogP contribution is -2.23. The van der Waals surface area contributed by atoms with E-state index in [0.717, 1.165) is 18.9 Å². The van der Waals surface area contributed by atoms with Crippen molar-refractivity contribution in [2.24, 2.45) is 4.99 Å². The number of hydrogen-bond donors (Lipinski definition) is 0. The van der Waals surface area contributed by atoms with Crippen molar-refractivity contribution in [2.45, 2.75) is 37.9 Å². The Morgan fingerprint density at radius 3 is 2.81 bits per heavy atom. The van der Waals surface area contributed by atoms with Gasteiger partial charge < -0.3 is 4.74 Å². The highest BCUT2D eigenvalue weighted by molar-refractivity contribution is 6.15. The standard InChI is InChI=1S/C19H18F3N3O2/c20-19(21,22)16-6-2-1-4-12(16)8-13-9-17(26)15-10-23-25(18(15)24-13)14-5-3-7-27-11-14/h1-2,4,6,10,14H,3,5,7-9,11H2. The number of aromatic nitrogens is 2. The predicted octanol–water partition coefficient (Wildman–Crippen LogP) is 4.16. The van der Waals surface area contributed by atoms with Gasteiger partial charge in [0.25, 0.3) is 0 Å². The number of fused-ring (bicyclic) bond motifs is 1. The molecule has 142 valence electrons. The molecule has 0 aliphatic carbocycles. The molecule has 8 heteroatoms. The van der Waals surface area contributed by atoms with E-state index in [9.17, 15) is 18.0 Å². The Bertz CT molecular complexity index is 896. The van der Waals surface area contributed by atoms with Crippen LogP contribution in [0.15, 0.2) is 35.5 Å². The number of hydrogen-bond acceptors (Lipinski definition) is 4. The van der Waals surface area contributed by atoms with Gasteiger partial charge in [-0.3, -0.25) is 4.79 Å². The number of rotatable bonds is 3. The third-order valence-electron chi connectivity index (χ3n) is 4.90. The SMILES string of the molecule is O=C1CC(Cc2ccccc2C(F)(F)F)=Nc2c1cnn2C1CCCOC1. The quantitative estimate of drug-likeness (QED) is 0.807. The zero-order chi connectivity index (χ0) is 19.0. The summed E-state index contributed by atoms with van der Waals surface area (Å²) in [4.78, 5) is 17.0. The maximum Gasteiger partial charge on any atom is 0.416 e. The lowest BCUT2D eigenvalue weighted by molar-refractivity contribution is -0.138. The molecule has 2 aliphatic heterocycles. The van der Waals surface area contributed by atoms with E-state index in [1.165, 1.54) is 18.3 Å². The molecule has 1 saturated heterocycles. The first-order chi connectivity index (χ1) is 12.9. The number of aliphatic imine (C=N–C) groups is 1. The molecule has 0 saturated carbocycles. The van der Waals surface area contributed by atoms with Crippen molar-refractivity contribution in [1.82, 2.24) is 9.78 Å². The number of nitrogens with zero attached hydrogens (tertiary/aromatic N) is 3. The number of carbonyl (C=O) groups excluding carboxylic acids is 1. The van der Waals surface area contributed by atoms with Crippen molar-refractivity contribution in [1.29, 1.82) is 0 Å². The molecule has 0 bridgehead atoms. The molecule has 4 rings (SSSR count). The summed E-state index contributed by atoms with van der Waals surface area (Å²) in [7, 11) is 0. The summed E-state index contributed by atoms with van der Waals surface area (Å²) in [5, 5.41) is 4.30. The number of ether oxygens (including phenoxy) is 1. The van der Waals surface area contributed by atoms with Crippen LogP contribution in [-0.4, -0.2) is 34.5 Å². The molecular formula is C19H18F3N3O2. The summed E-state index contributed by atoms with van der Waals surface area (Å²) >= 11 is 0. The normalized spacial score (nSPS) is 20.3. The van der Waals surface area contributed by atoms with E-state index in [0.29, 0.717) is 30.3 Å². The first-order valence-corrected chi connectivity index (χ1v) is 8.83. The molecule has 1 unspecified atom stereocenters. The summed E-state index contributed by atoms with van der Waals surface area (Å²) in [6.07, 6.45) is -1.20. The molecule has 0 radical (unpaired) electrons. The molecule has 2 aromatic rings. The molecule has 0 N–H and O–H groups in total. The van der Waals surface area contributed by atoms with E-state index in [-0.39, 0.29) is 30.2 Å². The predicted molar refractivity (Wildman–Crippen MR) is 92.5 cm³/mol. The Labute approximate surface area is 153 Å². The Balaban J connectivity index is 1.67. The van der Waals surface area contributed by atoms with Crippen molar-refractivity contribution in [2.75, 3.05) is 13.2 Å². The molecule has 5 nitrogen and oxygen atoms in total. The van der Waals surface area contributed by atoms with Crippen LogP contribution in [0.4, 0.5) is 19.0 Å². The van der Waals surface area contributed by atoms with Crippen molar-refractivity contribution in [3.8, 4) is 0 Å². The molecule has 2 aliphatic rings. The van der Waals surface area contributed by atoms with Gasteiger partial charge in [0.2, 0.25) is 0 Å². The van der Waals surface area contributed by atoms with Crippen LogP contribution in [0.1, 0.15) is 46.8 Å². The first kappa shape index (κ1) is 17.9. The summed E-state index contributed by atoms with van der Waals surface area (Å²) < 4.78 is 46.9. The number of carbonyl (C=O) groups is 1. The number of alkyl halides is 3. The first-order valence-electron chi connectivity index (χ1n) is 8.83. The van der Waals surface area contributed by atoms with Gasteiger partial charge in [-0.25, -0.2) is 9.67 Å². The van der Waals surface area contributed by atoms with Gasteiger partial charge in [0, 0.05) is 18.7 Å². The number of Topliss-reactive ketones (excluding diaryl/α,β-unsaturated/α-hetero) is 1. The maximum absolute atomic E-state index is 13.2. The molecule has 0 spiro atoms. The summed E-state index contributed by atoms with van der Waals surface area (Å²) in [6.45, 7) is 1.19. The molecule has 0 amide bonds. The molecule has 1 atom stereocenters. The Morgan fingerprint density at radius 1 is 1.26 bits per heavy atom. The molecule has 3 heterocycles. The number of benzene rings is 1. The van der Waals surface area contributed by atoms with Crippen LogP contribution in [0.25, 0.3) is 0 Å². The average Bonchev–Trinajstić information content (AvgIpc) is 3.06. The second kappa shape index (κ2) is 6.92. The zero-order valence-corrected chi connectivity index (χ0v) is 14.5. The fraction of sp³-hybridized carbons (Fsp3) is 0.421. The molecule has 1 aromatic heterocycles. The van der Waals surface area contributed by atoms with Gasteiger partial charge >= 0.3 is 6.18 Å². The van der Waals surface area contributed by atoms with Gasteiger partial charge in [-0.1, -0.05) is 18.2 Å². The largest absolute Gasteiger partial charge is 0.416 e. The van der Waals surface area contributed by atoms with E-state index in [1.807, 2.05) is 0 Å². The lowest BCUT2D eigenvalue weighted by Gasteiger charge is -2.24. The molecule has 1 fully saturated rings. The van der Waals surface area contributed by atoms with Crippen LogP contribution in [0.5, 0.6) is 0 Å². The minimum atomic E-state index is -4.44. The van der Waals surface area contributed by atoms with Gasteiger partial charge in [-0.2, -0.15) is 18.3 Å². The van der Waals surface area contributed by atoms with E-state index < -0.39 is 11.7 Å². The van der Waals surface area contributed by atoms with Crippen molar-refractivity contribution in [3.63, 3.8) is 0 Å². The maximum atomic E-state index is 13.2. The third kappa shape index (κ3) is 3.53. The highest BCUT2D eigenvalue weighted by Crippen LogP contribution is 2.35. The van der Waals surface area contributed by atoms with E-state index in [1.54, 1.807) is 10.7 Å². The second-order valence-electron chi connectivity index (χ2n) is 6.81. The zero-order valence-electron chi connectivity index (χ0n) is 14.5. The van der Waals surface area contributed by atoms with Gasteiger partial charge in [-0.05, 0) is 24.5 Å². The van der Waals surface area contributed by atoms with Crippen LogP contribution in [-0.2, 0) is 17.3 Å². The fourth-order valence-electron chi connectivity index (χ4n) is 3.59. The van der Waals surface area contributed by atoms with Crippen LogP contribution in [0.3, 0.4) is 0 Å². The average molecular weight is 377 g/mol. The van der Waals surface area contributed by atoms with Crippen LogP contribution in [0.2, 0.25) is 0 Å². The van der Waals surface area contributed by atoms with Gasteiger partial charge in [0.15, 0.2) is 11.6 Å². The van der Waals surface area contributed by atoms with Crippen LogP contribution in [0, 0.1) is 0 Å². The Kier molecular flexibility index (Phi) is 4.59. The van der Waals surface area contributed by atoms with Crippen LogP contribution >= 0.6 is 0 Å². The highest BCUT2D eigenvalue weighted by atomic mass is 19.4. The Hall–Kier alpha value is -2.48. The van der Waals surface area contributed by atoms with Crippen LogP contribution < -0.4 is 0 Å². The molecular weight excluding hydrogens is 359 g/mol. The number of halogens is 3. The third-order valence-corrected chi connectivity index (χ3v) is 4.90. The smallest absolute Gasteiger partial charge is 0.379 e. The summed E-state index contributed by atoms with van der Waals surface area (Å²) in [6, 6.07) is 5.38. The summed E-state index contributed by atoms with van der Waals surface area (Å²) in [5.41, 5.74) is 0.267. The van der Waals surface area contributed by atoms with Crippen molar-refractivity contribution >= 4 is 17.3 Å². The highest BCUT2D eigenvalue weighted by Gasteiger charge is 2.34. The molecule has 27 heavy (non-hydrogen) atoms. The number of ketones is 1. The fourth-order valence-corrected chi connectivity index (χ4v) is 3.59. The second-order valence-corrected chi connectivity index (χ2v) is 6.81. The summed E-state index contributed by atoms with van der Waals surface area (Å²) in [5.74, 6) is 0.267. The van der Waals surface area contributed by atoms with E-state index >= 15 is 0 Å². The van der Waals surface area contributed by atoms with Gasteiger partial charge in [0.1, 0.15) is 0 Å². The Morgan fingerprint density at radius 2 is 2.07 bits per heavy atom. The van der Waals surface area contributed by atoms with Crippen molar-refractivity contribution < 1.29 is 22.7 Å². The molecule has 1 aromatic carbocycles.